The third-order valence-corrected chi connectivity index (χ3v) is 26.6. The maximum Gasteiger partial charge on any atom is 0.389 e. The highest BCUT2D eigenvalue weighted by Crippen LogP contribution is 2.67. The molecule has 4 saturated heterocycles. The molecule has 10 rings (SSSR count). The normalized spacial score (nSPS) is 25.7. The van der Waals surface area contributed by atoms with E-state index in [2.05, 4.69) is 39.9 Å². The van der Waals surface area contributed by atoms with Crippen LogP contribution in [-0.2, 0) is 74.1 Å². The second-order valence-electron chi connectivity index (χ2n) is 22.1. The lowest BCUT2D eigenvalue weighted by Gasteiger charge is -2.28. The summed E-state index contributed by atoms with van der Waals surface area (Å²) in [6.07, 6.45) is -10.4. The number of ether oxygens (including phenoxy) is 5. The van der Waals surface area contributed by atoms with Crippen molar-refractivity contribution in [3.63, 3.8) is 0 Å². The number of nitriles is 3. The summed E-state index contributed by atoms with van der Waals surface area (Å²) in [5.74, 6) is -1.75. The van der Waals surface area contributed by atoms with Crippen molar-refractivity contribution < 1.29 is 79.2 Å². The number of carbonyl (C=O) groups excluding carboxylic acids is 2. The Bertz CT molecular complexity index is 4440. The molecule has 45 heteroatoms. The first-order chi connectivity index (χ1) is 46.9. The Kier molecular flexibility index (Phi) is 24.3. The molecule has 9 N–H and O–H groups in total. The number of anilines is 3. The first-order valence-electron chi connectivity index (χ1n) is 30.0. The lowest BCUT2D eigenvalue weighted by atomic mass is 10.2. The van der Waals surface area contributed by atoms with Crippen molar-refractivity contribution in [3.05, 3.63) is 84.7 Å². The lowest BCUT2D eigenvalue weighted by molar-refractivity contribution is -0.153. The van der Waals surface area contributed by atoms with Crippen LogP contribution >= 0.6 is 54.5 Å². The molecule has 4 aliphatic rings. The standard InChI is InChI=1S/C53H65N18O21P3S3/c1-28-20-69(53(78)67-49(28)75)40-18-32(36(87-40)23-83-93(79,96-13-3-9-54)90-31-17-39(85-34(31)21-72)68-12-8-38(57)64-52(68)77)91-95(81,98-15-5-11-56)84-24-37-33(19-42(88-37)71-27-63-45-48(71)65-51(59)66-50(45)76)92-94(80,97-14-4-10-55)82-22-35-30(89-43(74)7-6-29(2)73)16-41(86-35)70-26-62-44-46(58)60-25-61-47(44)70/h8,12,20,25-27,30-37,39-42,72H,3-7,13-19,21-24H2,1-2H3,(H2,57,64,77)(H2,58,60,61)(H,67,75,78)(H3,59,65,66,76)/t30-,31-,32-,33-,34+,35+,36+,37+,39+,40+,41+,42+,93?,94?,95?/m0/s1. The van der Waals surface area contributed by atoms with Crippen molar-refractivity contribution in [2.75, 3.05) is 60.9 Å². The maximum atomic E-state index is 15.6. The number of nitrogens with zero attached hydrogens (tertiary/aromatic N) is 13. The molecular formula is C53H65N18O21P3S3. The number of hydrogen-bond acceptors (Lipinski definition) is 36. The molecule has 0 radical (unpaired) electrons. The summed E-state index contributed by atoms with van der Waals surface area (Å²) in [6.45, 7) is -13.9. The second-order valence-corrected chi connectivity index (χ2v) is 34.6. The molecule has 0 aliphatic carbocycles. The second kappa shape index (κ2) is 32.4. The lowest BCUT2D eigenvalue weighted by Crippen LogP contribution is -2.33. The zero-order chi connectivity index (χ0) is 70.1. The number of fused-ring (bicyclic) bond motifs is 2. The Hall–Kier alpha value is -7.23. The number of aliphatic hydroxyl groups excluding tert-OH is 1. The monoisotopic (exact) mass is 1480 g/mol. The molecule has 39 nitrogen and oxygen atoms in total. The van der Waals surface area contributed by atoms with Crippen LogP contribution in [0.25, 0.3) is 22.3 Å². The number of aromatic amines is 2. The van der Waals surface area contributed by atoms with Crippen LogP contribution in [0.1, 0.15) is 95.2 Å². The number of imidazole rings is 2. The third kappa shape index (κ3) is 17.8. The predicted molar refractivity (Wildman–Crippen MR) is 346 cm³/mol. The zero-order valence-corrected chi connectivity index (χ0v) is 57.1. The molecule has 526 valence electrons. The van der Waals surface area contributed by atoms with E-state index in [1.54, 1.807) is 0 Å². The summed E-state index contributed by atoms with van der Waals surface area (Å²) < 4.78 is 120. The van der Waals surface area contributed by atoms with E-state index in [0.717, 1.165) is 9.13 Å². The van der Waals surface area contributed by atoms with Crippen LogP contribution in [-0.4, -0.2) is 168 Å². The molecule has 6 aromatic rings. The van der Waals surface area contributed by atoms with Gasteiger partial charge in [0, 0.05) is 86.6 Å². The maximum absolute atomic E-state index is 15.6. The van der Waals surface area contributed by atoms with Crippen LogP contribution in [0, 0.1) is 40.9 Å². The fraction of sp³-hybridized carbons (Fsp3) is 0.566. The van der Waals surface area contributed by atoms with Gasteiger partial charge in [0.15, 0.2) is 22.6 Å². The molecule has 0 spiro atoms. The Morgan fingerprint density at radius 2 is 1.13 bits per heavy atom. The van der Waals surface area contributed by atoms with Crippen LogP contribution in [0.3, 0.4) is 0 Å². The SMILES string of the molecule is CC(=O)CCC(=O)O[C@H]1C[C@H](n2cnc3c(N)ncnc32)O[C@@H]1COP(=O)(O[C@H]1C[C@H](n2cnc3c(=O)[nH]c(N)nc32)O[C@@H]1COP(=O)(O[C@H]1C[C@H](n2cc(C)c(=O)[nH]c2=O)O[C@@H]1COP(=O)(O[C@H]1C[C@H](n2ccc(N)nc2=O)O[C@@H]1CO)SCCC#N)SCCC#N)SCCC#N. The van der Waals surface area contributed by atoms with Crippen molar-refractivity contribution in [2.45, 2.75) is 145 Å². The fourth-order valence-corrected chi connectivity index (χ4v) is 20.7. The van der Waals surface area contributed by atoms with Crippen molar-refractivity contribution in [2.24, 2.45) is 0 Å². The summed E-state index contributed by atoms with van der Waals surface area (Å²) in [5.41, 5.74) is 15.0. The highest BCUT2D eigenvalue weighted by atomic mass is 32.7. The number of carbonyl (C=O) groups is 2. The first-order valence-corrected chi connectivity index (χ1v) is 39.4. The minimum Gasteiger partial charge on any atom is -0.459 e. The van der Waals surface area contributed by atoms with Gasteiger partial charge in [0.05, 0.1) is 63.7 Å². The minimum atomic E-state index is -4.74. The number of nitrogens with two attached hydrogens (primary N) is 3. The van der Waals surface area contributed by atoms with Crippen molar-refractivity contribution in [1.29, 1.82) is 15.8 Å². The molecule has 15 atom stereocenters. The molecule has 4 aliphatic heterocycles. The number of esters is 1. The smallest absolute Gasteiger partial charge is 0.389 e. The molecule has 0 saturated carbocycles. The van der Waals surface area contributed by atoms with Gasteiger partial charge in [0.2, 0.25) is 5.95 Å². The van der Waals surface area contributed by atoms with Crippen LogP contribution in [0.2, 0.25) is 0 Å². The number of H-pyrrole nitrogens is 2. The number of nitrogens with one attached hydrogen (secondary N) is 2. The number of rotatable bonds is 33. The van der Waals surface area contributed by atoms with E-state index < -0.39 is 149 Å². The van der Waals surface area contributed by atoms with E-state index in [4.69, 9.17) is 68.0 Å². The Labute approximate surface area is 565 Å². The van der Waals surface area contributed by atoms with Gasteiger partial charge in [-0.15, -0.1) is 0 Å². The van der Waals surface area contributed by atoms with Crippen LogP contribution in [0.5, 0.6) is 0 Å². The largest absolute Gasteiger partial charge is 0.459 e. The van der Waals surface area contributed by atoms with Gasteiger partial charge in [-0.1, -0.05) is 0 Å². The van der Waals surface area contributed by atoms with E-state index >= 15 is 9.13 Å². The average Bonchev–Trinajstić information content (AvgIpc) is 1.64. The number of hydrogen-bond donors (Lipinski definition) is 6. The summed E-state index contributed by atoms with van der Waals surface area (Å²) in [5, 5.41) is 39.2. The van der Waals surface area contributed by atoms with Gasteiger partial charge < -0.3 is 50.8 Å². The van der Waals surface area contributed by atoms with E-state index in [9.17, 15) is 54.2 Å². The van der Waals surface area contributed by atoms with Crippen molar-refractivity contribution in [1.82, 2.24) is 58.1 Å². The summed E-state index contributed by atoms with van der Waals surface area (Å²) in [4.78, 5) is 106. The molecule has 98 heavy (non-hydrogen) atoms. The van der Waals surface area contributed by atoms with Gasteiger partial charge in [0.1, 0.15) is 97.2 Å². The Morgan fingerprint density at radius 1 is 0.643 bits per heavy atom. The Morgan fingerprint density at radius 3 is 1.66 bits per heavy atom. The van der Waals surface area contributed by atoms with E-state index in [1.165, 1.54) is 60.4 Å². The first kappa shape index (κ1) is 73.5. The summed E-state index contributed by atoms with van der Waals surface area (Å²) >= 11 is 1.80. The number of nitrogen functional groups attached to an aromatic ring is 3. The topological polar surface area (TPSA) is 553 Å². The molecule has 0 bridgehead atoms. The van der Waals surface area contributed by atoms with E-state index in [1.807, 2.05) is 18.2 Å². The van der Waals surface area contributed by atoms with E-state index in [0.29, 0.717) is 34.1 Å². The number of aromatic nitrogens is 12. The number of aliphatic hydroxyl groups is 1. The van der Waals surface area contributed by atoms with Crippen LogP contribution < -0.4 is 39.7 Å². The summed E-state index contributed by atoms with van der Waals surface area (Å²) in [6, 6.07) is 7.24. The molecule has 10 heterocycles. The van der Waals surface area contributed by atoms with E-state index in [-0.39, 0.29) is 126 Å². The quantitative estimate of drug-likeness (QED) is 0.0194. The molecular weight excluding hydrogens is 1410 g/mol. The van der Waals surface area contributed by atoms with Crippen LogP contribution in [0.4, 0.5) is 17.6 Å². The number of Topliss-reactive ketones (excluding diaryl/α,β-unsaturated/α-hetero) is 1. The average molecular weight is 1480 g/mol. The molecule has 3 unspecified atom stereocenters. The highest BCUT2D eigenvalue weighted by molar-refractivity contribution is 8.55. The predicted octanol–water partition coefficient (Wildman–Crippen LogP) is 3.72. The van der Waals surface area contributed by atoms with Gasteiger partial charge in [-0.3, -0.25) is 69.8 Å². The van der Waals surface area contributed by atoms with Gasteiger partial charge >= 0.3 is 37.7 Å². The zero-order valence-electron chi connectivity index (χ0n) is 51.9. The fourth-order valence-electron chi connectivity index (χ4n) is 10.6. The third-order valence-electron chi connectivity index (χ3n) is 15.3. The van der Waals surface area contributed by atoms with Gasteiger partial charge in [-0.05, 0) is 54.1 Å². The van der Waals surface area contributed by atoms with Gasteiger partial charge in [0.25, 0.3) is 11.1 Å². The number of aryl methyl sites for hydroxylation is 1. The van der Waals surface area contributed by atoms with Gasteiger partial charge in [-0.2, -0.15) is 25.8 Å². The van der Waals surface area contributed by atoms with Crippen molar-refractivity contribution >= 4 is 106 Å². The van der Waals surface area contributed by atoms with Crippen molar-refractivity contribution in [3.8, 4) is 18.2 Å². The Balaban J connectivity index is 0.937. The number of ketones is 1. The molecule has 6 aromatic heterocycles. The van der Waals surface area contributed by atoms with Crippen LogP contribution in [0.15, 0.2) is 56.6 Å². The molecule has 4 fully saturated rings. The highest BCUT2D eigenvalue weighted by Gasteiger charge is 2.50. The van der Waals surface area contributed by atoms with Gasteiger partial charge in [-0.25, -0.2) is 43.2 Å². The summed E-state index contributed by atoms with van der Waals surface area (Å²) in [7, 11) is 0. The molecule has 0 aromatic carbocycles. The minimum absolute atomic E-state index is 0.0307. The molecule has 0 amide bonds.